The molecule has 0 unspecified atom stereocenters. The molecule has 0 aliphatic rings. The topological polar surface area (TPSA) is 65.1 Å². The summed E-state index contributed by atoms with van der Waals surface area (Å²) >= 11 is 0. The summed E-state index contributed by atoms with van der Waals surface area (Å²) in [5.74, 6) is 0.760. The highest BCUT2D eigenvalue weighted by atomic mass is 19.4. The van der Waals surface area contributed by atoms with Crippen LogP contribution in [0.2, 0.25) is 0 Å². The van der Waals surface area contributed by atoms with Crippen LogP contribution in [0.15, 0.2) is 90.1 Å². The van der Waals surface area contributed by atoms with E-state index in [2.05, 4.69) is 38.1 Å². The standard InChI is InChI=1S/C27H24F3N5/c1-3-23(31-16-17-32-26-21-12-6-9-15-25(21)34-35-26)20-11-5-8-14-24(20)33-18(2)19-10-4-7-13-22(19)27(28,29)30/h4-15,31H,1,16-17H2,2H3,(H2,32,34,35). The molecule has 3 N–H and O–H groups in total. The summed E-state index contributed by atoms with van der Waals surface area (Å²) < 4.78 is 40.4. The van der Waals surface area contributed by atoms with E-state index in [0.29, 0.717) is 30.0 Å². The second-order valence-electron chi connectivity index (χ2n) is 7.78. The number of rotatable bonds is 8. The molecule has 0 saturated carbocycles. The van der Waals surface area contributed by atoms with Gasteiger partial charge in [-0.25, -0.2) is 0 Å². The van der Waals surface area contributed by atoms with Crippen molar-refractivity contribution in [2.45, 2.75) is 13.1 Å². The van der Waals surface area contributed by atoms with Crippen LogP contribution in [0.4, 0.5) is 24.7 Å². The van der Waals surface area contributed by atoms with Crippen LogP contribution in [0, 0.1) is 0 Å². The van der Waals surface area contributed by atoms with Gasteiger partial charge in [0, 0.05) is 35.3 Å². The molecule has 35 heavy (non-hydrogen) atoms. The molecule has 0 amide bonds. The normalized spacial score (nSPS) is 11.8. The number of alkyl halides is 3. The molecule has 0 radical (unpaired) electrons. The van der Waals surface area contributed by atoms with E-state index in [-0.39, 0.29) is 11.3 Å². The molecule has 4 aromatic rings. The van der Waals surface area contributed by atoms with E-state index in [1.807, 2.05) is 36.4 Å². The van der Waals surface area contributed by atoms with E-state index in [1.54, 1.807) is 25.1 Å². The summed E-state index contributed by atoms with van der Waals surface area (Å²) in [6, 6.07) is 20.5. The van der Waals surface area contributed by atoms with Gasteiger partial charge in [0.15, 0.2) is 5.82 Å². The van der Waals surface area contributed by atoms with Crippen LogP contribution in [0.3, 0.4) is 0 Å². The number of hydrogen-bond acceptors (Lipinski definition) is 4. The molecule has 5 nitrogen and oxygen atoms in total. The van der Waals surface area contributed by atoms with E-state index < -0.39 is 11.7 Å². The maximum absolute atomic E-state index is 13.5. The molecule has 0 spiro atoms. The fourth-order valence-electron chi connectivity index (χ4n) is 3.79. The molecule has 0 atom stereocenters. The predicted molar refractivity (Wildman–Crippen MR) is 135 cm³/mol. The average molecular weight is 476 g/mol. The van der Waals surface area contributed by atoms with Crippen molar-refractivity contribution in [2.24, 2.45) is 4.99 Å². The Kier molecular flexibility index (Phi) is 7.03. The smallest absolute Gasteiger partial charge is 0.376 e. The van der Waals surface area contributed by atoms with Crippen molar-refractivity contribution in [3.63, 3.8) is 0 Å². The monoisotopic (exact) mass is 475 g/mol. The van der Waals surface area contributed by atoms with Gasteiger partial charge in [-0.15, -0.1) is 5.73 Å². The number of nitrogens with one attached hydrogen (secondary N) is 3. The third kappa shape index (κ3) is 5.45. The van der Waals surface area contributed by atoms with Gasteiger partial charge in [0.2, 0.25) is 0 Å². The molecule has 3 aromatic carbocycles. The van der Waals surface area contributed by atoms with E-state index >= 15 is 0 Å². The summed E-state index contributed by atoms with van der Waals surface area (Å²) in [6.45, 7) is 6.45. The van der Waals surface area contributed by atoms with Crippen LogP contribution in [0.25, 0.3) is 16.6 Å². The lowest BCUT2D eigenvalue weighted by molar-refractivity contribution is -0.137. The van der Waals surface area contributed by atoms with Crippen LogP contribution in [0.1, 0.15) is 23.6 Å². The van der Waals surface area contributed by atoms with Gasteiger partial charge in [-0.2, -0.15) is 18.3 Å². The fourth-order valence-corrected chi connectivity index (χ4v) is 3.79. The van der Waals surface area contributed by atoms with Gasteiger partial charge in [0.05, 0.1) is 22.5 Å². The molecule has 0 aliphatic heterocycles. The number of benzene rings is 3. The first kappa shape index (κ1) is 23.9. The fraction of sp³-hybridized carbons (Fsp3) is 0.148. The highest BCUT2D eigenvalue weighted by Gasteiger charge is 2.33. The Bertz CT molecular complexity index is 1410. The molecule has 0 saturated heterocycles. The van der Waals surface area contributed by atoms with Crippen molar-refractivity contribution >= 4 is 33.8 Å². The van der Waals surface area contributed by atoms with Crippen LogP contribution < -0.4 is 10.6 Å². The van der Waals surface area contributed by atoms with Crippen molar-refractivity contribution < 1.29 is 13.2 Å². The summed E-state index contributed by atoms with van der Waals surface area (Å²) in [4.78, 5) is 4.53. The molecule has 8 heteroatoms. The Hall–Kier alpha value is -4.29. The van der Waals surface area contributed by atoms with Gasteiger partial charge in [-0.1, -0.05) is 55.1 Å². The molecule has 1 aromatic heterocycles. The van der Waals surface area contributed by atoms with E-state index in [0.717, 1.165) is 22.8 Å². The minimum atomic E-state index is -4.47. The van der Waals surface area contributed by atoms with Crippen molar-refractivity contribution in [2.75, 3.05) is 18.4 Å². The number of aromatic nitrogens is 2. The first-order chi connectivity index (χ1) is 16.9. The average Bonchev–Trinajstić information content (AvgIpc) is 3.27. The number of aromatic amines is 1. The lowest BCUT2D eigenvalue weighted by Gasteiger charge is -2.14. The zero-order valence-corrected chi connectivity index (χ0v) is 19.1. The minimum absolute atomic E-state index is 0.0438. The number of H-pyrrole nitrogens is 1. The second-order valence-corrected chi connectivity index (χ2v) is 7.78. The lowest BCUT2D eigenvalue weighted by atomic mass is 10.0. The number of fused-ring (bicyclic) bond motifs is 1. The van der Waals surface area contributed by atoms with Gasteiger partial charge in [-0.3, -0.25) is 10.1 Å². The van der Waals surface area contributed by atoms with Crippen LogP contribution in [-0.2, 0) is 6.18 Å². The molecule has 4 rings (SSSR count). The van der Waals surface area contributed by atoms with Gasteiger partial charge < -0.3 is 10.6 Å². The largest absolute Gasteiger partial charge is 0.417 e. The van der Waals surface area contributed by atoms with Crippen LogP contribution in [-0.4, -0.2) is 29.0 Å². The number of halogens is 3. The lowest BCUT2D eigenvalue weighted by Crippen LogP contribution is -2.21. The zero-order chi connectivity index (χ0) is 24.8. The summed E-state index contributed by atoms with van der Waals surface area (Å²) in [7, 11) is 0. The van der Waals surface area contributed by atoms with E-state index in [1.165, 1.54) is 12.1 Å². The molecule has 0 fully saturated rings. The van der Waals surface area contributed by atoms with Crippen molar-refractivity contribution in [3.8, 4) is 0 Å². The highest BCUT2D eigenvalue weighted by molar-refractivity contribution is 6.02. The van der Waals surface area contributed by atoms with E-state index in [4.69, 9.17) is 0 Å². The maximum atomic E-state index is 13.5. The third-order valence-corrected chi connectivity index (χ3v) is 5.45. The maximum Gasteiger partial charge on any atom is 0.417 e. The Morgan fingerprint density at radius 2 is 1.66 bits per heavy atom. The molecule has 0 bridgehead atoms. The Labute approximate surface area is 201 Å². The number of hydrogen-bond donors (Lipinski definition) is 3. The van der Waals surface area contributed by atoms with Gasteiger partial charge >= 0.3 is 6.18 Å². The molecule has 178 valence electrons. The summed E-state index contributed by atoms with van der Waals surface area (Å²) in [5, 5.41) is 14.8. The summed E-state index contributed by atoms with van der Waals surface area (Å²) in [5.41, 5.74) is 5.25. The SMILES string of the molecule is C=C=C(NCCNc1n[nH]c2ccccc12)c1ccccc1N=C(C)c1ccccc1C(F)(F)F. The van der Waals surface area contributed by atoms with Crippen LogP contribution >= 0.6 is 0 Å². The molecular formula is C27H24F3N5. The minimum Gasteiger partial charge on any atom is -0.376 e. The number of aliphatic imine (C=N–C) groups is 1. The Morgan fingerprint density at radius 1 is 0.971 bits per heavy atom. The van der Waals surface area contributed by atoms with Gasteiger partial charge in [0.1, 0.15) is 0 Å². The predicted octanol–water partition coefficient (Wildman–Crippen LogP) is 6.55. The van der Waals surface area contributed by atoms with Crippen molar-refractivity contribution in [1.82, 2.24) is 15.5 Å². The number of anilines is 1. The molecule has 1 heterocycles. The van der Waals surface area contributed by atoms with Gasteiger partial charge in [-0.05, 0) is 31.2 Å². The first-order valence-electron chi connectivity index (χ1n) is 11.0. The second kappa shape index (κ2) is 10.3. The number of para-hydroxylation sites is 2. The van der Waals surface area contributed by atoms with Gasteiger partial charge in [0.25, 0.3) is 0 Å². The Balaban J connectivity index is 1.50. The third-order valence-electron chi connectivity index (χ3n) is 5.45. The van der Waals surface area contributed by atoms with Crippen molar-refractivity contribution in [1.29, 1.82) is 0 Å². The van der Waals surface area contributed by atoms with Crippen molar-refractivity contribution in [3.05, 3.63) is 102 Å². The number of nitrogens with zero attached hydrogens (tertiary/aromatic N) is 2. The summed E-state index contributed by atoms with van der Waals surface area (Å²) in [6.07, 6.45) is -4.47. The first-order valence-corrected chi connectivity index (χ1v) is 11.0. The quantitative estimate of drug-likeness (QED) is 0.154. The zero-order valence-electron chi connectivity index (χ0n) is 19.1. The molecular weight excluding hydrogens is 451 g/mol. The van der Waals surface area contributed by atoms with Crippen LogP contribution in [0.5, 0.6) is 0 Å². The van der Waals surface area contributed by atoms with E-state index in [9.17, 15) is 13.2 Å². The Morgan fingerprint density at radius 3 is 2.43 bits per heavy atom. The highest BCUT2D eigenvalue weighted by Crippen LogP contribution is 2.33. The molecule has 0 aliphatic carbocycles.